The molecule has 0 aromatic carbocycles. The summed E-state index contributed by atoms with van der Waals surface area (Å²) < 4.78 is 5.17. The highest BCUT2D eigenvalue weighted by Crippen LogP contribution is 2.09. The van der Waals surface area contributed by atoms with Crippen LogP contribution < -0.4 is 0 Å². The van der Waals surface area contributed by atoms with E-state index < -0.39 is 0 Å². The SMILES string of the molecule is CCOCC(O)CN(C)CCc1cccs1. The van der Waals surface area contributed by atoms with Crippen LogP contribution >= 0.6 is 11.3 Å². The monoisotopic (exact) mass is 243 g/mol. The molecule has 1 aromatic heterocycles. The minimum Gasteiger partial charge on any atom is -0.389 e. The van der Waals surface area contributed by atoms with Crippen LogP contribution in [-0.4, -0.2) is 49.5 Å². The molecule has 0 spiro atoms. The van der Waals surface area contributed by atoms with Crippen LogP contribution in [0.3, 0.4) is 0 Å². The van der Waals surface area contributed by atoms with E-state index in [1.54, 1.807) is 11.3 Å². The molecular formula is C12H21NO2S. The first-order valence-corrected chi connectivity index (χ1v) is 6.57. The number of ether oxygens (including phenoxy) is 1. The minimum absolute atomic E-state index is 0.381. The summed E-state index contributed by atoms with van der Waals surface area (Å²) in [6.45, 7) is 4.68. The molecule has 1 rings (SSSR count). The lowest BCUT2D eigenvalue weighted by molar-refractivity contribution is 0.0258. The molecule has 1 N–H and O–H groups in total. The number of hydrogen-bond donors (Lipinski definition) is 1. The highest BCUT2D eigenvalue weighted by Gasteiger charge is 2.08. The summed E-state index contributed by atoms with van der Waals surface area (Å²) in [6, 6.07) is 4.22. The van der Waals surface area contributed by atoms with Crippen LogP contribution in [-0.2, 0) is 11.2 Å². The van der Waals surface area contributed by atoms with Crippen molar-refractivity contribution in [3.05, 3.63) is 22.4 Å². The van der Waals surface area contributed by atoms with Crippen molar-refractivity contribution in [2.24, 2.45) is 0 Å². The van der Waals surface area contributed by atoms with Gasteiger partial charge in [0.2, 0.25) is 0 Å². The van der Waals surface area contributed by atoms with Crippen LogP contribution in [0.1, 0.15) is 11.8 Å². The van der Waals surface area contributed by atoms with Gasteiger partial charge in [0, 0.05) is 24.6 Å². The van der Waals surface area contributed by atoms with Gasteiger partial charge in [0.15, 0.2) is 0 Å². The van der Waals surface area contributed by atoms with Gasteiger partial charge >= 0.3 is 0 Å². The Bertz CT molecular complexity index is 264. The van der Waals surface area contributed by atoms with Gasteiger partial charge in [-0.2, -0.15) is 0 Å². The summed E-state index contributed by atoms with van der Waals surface area (Å²) in [6.07, 6.45) is 0.670. The largest absolute Gasteiger partial charge is 0.389 e. The normalized spacial score (nSPS) is 13.2. The minimum atomic E-state index is -0.381. The fourth-order valence-corrected chi connectivity index (χ4v) is 2.21. The molecule has 0 aliphatic heterocycles. The van der Waals surface area contributed by atoms with Crippen molar-refractivity contribution in [3.63, 3.8) is 0 Å². The zero-order chi connectivity index (χ0) is 11.8. The fourth-order valence-electron chi connectivity index (χ4n) is 1.51. The van der Waals surface area contributed by atoms with E-state index in [0.717, 1.165) is 13.0 Å². The summed E-state index contributed by atoms with van der Waals surface area (Å²) in [5.41, 5.74) is 0. The zero-order valence-electron chi connectivity index (χ0n) is 10.1. The summed E-state index contributed by atoms with van der Waals surface area (Å²) >= 11 is 1.78. The Balaban J connectivity index is 2.12. The van der Waals surface area contributed by atoms with Gasteiger partial charge in [-0.05, 0) is 31.8 Å². The highest BCUT2D eigenvalue weighted by atomic mass is 32.1. The summed E-state index contributed by atoms with van der Waals surface area (Å²) in [5.74, 6) is 0. The van der Waals surface area contributed by atoms with Gasteiger partial charge in [-0.25, -0.2) is 0 Å². The number of likely N-dealkylation sites (N-methyl/N-ethyl adjacent to an activating group) is 1. The van der Waals surface area contributed by atoms with E-state index in [0.29, 0.717) is 19.8 Å². The maximum Gasteiger partial charge on any atom is 0.0900 e. The molecule has 1 heterocycles. The van der Waals surface area contributed by atoms with Gasteiger partial charge < -0.3 is 14.7 Å². The number of nitrogens with zero attached hydrogens (tertiary/aromatic N) is 1. The quantitative estimate of drug-likeness (QED) is 0.753. The van der Waals surface area contributed by atoms with Crippen LogP contribution in [0.2, 0.25) is 0 Å². The lowest BCUT2D eigenvalue weighted by atomic mass is 10.3. The Hall–Kier alpha value is -0.420. The number of thiophene rings is 1. The van der Waals surface area contributed by atoms with Crippen LogP contribution in [0.25, 0.3) is 0 Å². The van der Waals surface area contributed by atoms with E-state index >= 15 is 0 Å². The Kier molecular flexibility index (Phi) is 6.64. The predicted molar refractivity (Wildman–Crippen MR) is 68.0 cm³/mol. The zero-order valence-corrected chi connectivity index (χ0v) is 10.9. The molecule has 1 aromatic rings. The lowest BCUT2D eigenvalue weighted by Gasteiger charge is -2.19. The second kappa shape index (κ2) is 7.79. The van der Waals surface area contributed by atoms with Crippen molar-refractivity contribution < 1.29 is 9.84 Å². The molecule has 3 nitrogen and oxygen atoms in total. The van der Waals surface area contributed by atoms with Crippen molar-refractivity contribution in [2.45, 2.75) is 19.4 Å². The standard InChI is InChI=1S/C12H21NO2S/c1-3-15-10-11(14)9-13(2)7-6-12-5-4-8-16-12/h4-5,8,11,14H,3,6-7,9-10H2,1-2H3. The van der Waals surface area contributed by atoms with E-state index in [1.807, 2.05) is 14.0 Å². The van der Waals surface area contributed by atoms with Crippen molar-refractivity contribution in [2.75, 3.05) is 33.4 Å². The molecule has 0 radical (unpaired) electrons. The Morgan fingerprint density at radius 1 is 1.56 bits per heavy atom. The fraction of sp³-hybridized carbons (Fsp3) is 0.667. The van der Waals surface area contributed by atoms with Gasteiger partial charge in [-0.3, -0.25) is 0 Å². The highest BCUT2D eigenvalue weighted by molar-refractivity contribution is 7.09. The first-order valence-electron chi connectivity index (χ1n) is 5.69. The molecule has 16 heavy (non-hydrogen) atoms. The first kappa shape index (κ1) is 13.6. The number of hydrogen-bond acceptors (Lipinski definition) is 4. The molecule has 4 heteroatoms. The second-order valence-corrected chi connectivity index (χ2v) is 4.94. The molecule has 1 atom stereocenters. The van der Waals surface area contributed by atoms with Gasteiger partial charge in [0.1, 0.15) is 0 Å². The van der Waals surface area contributed by atoms with Gasteiger partial charge in [0.05, 0.1) is 12.7 Å². The third-order valence-corrected chi connectivity index (χ3v) is 3.29. The van der Waals surface area contributed by atoms with E-state index in [1.165, 1.54) is 4.88 Å². The lowest BCUT2D eigenvalue weighted by Crippen LogP contribution is -2.33. The number of rotatable bonds is 8. The van der Waals surface area contributed by atoms with Crippen LogP contribution in [0.15, 0.2) is 17.5 Å². The van der Waals surface area contributed by atoms with Gasteiger partial charge in [-0.1, -0.05) is 6.07 Å². The Morgan fingerprint density at radius 2 is 2.38 bits per heavy atom. The molecule has 0 amide bonds. The van der Waals surface area contributed by atoms with E-state index in [9.17, 15) is 5.11 Å². The average Bonchev–Trinajstić information content (AvgIpc) is 2.76. The van der Waals surface area contributed by atoms with E-state index in [-0.39, 0.29) is 6.10 Å². The molecule has 0 saturated heterocycles. The first-order chi connectivity index (χ1) is 7.72. The van der Waals surface area contributed by atoms with Crippen LogP contribution in [0, 0.1) is 0 Å². The van der Waals surface area contributed by atoms with Crippen molar-refractivity contribution in [1.29, 1.82) is 0 Å². The molecular weight excluding hydrogens is 222 g/mol. The van der Waals surface area contributed by atoms with E-state index in [4.69, 9.17) is 4.74 Å². The Morgan fingerprint density at radius 3 is 3.00 bits per heavy atom. The predicted octanol–water partition coefficient (Wildman–Crippen LogP) is 1.62. The van der Waals surface area contributed by atoms with Crippen molar-refractivity contribution in [1.82, 2.24) is 4.90 Å². The van der Waals surface area contributed by atoms with Crippen LogP contribution in [0.4, 0.5) is 0 Å². The molecule has 0 bridgehead atoms. The van der Waals surface area contributed by atoms with Gasteiger partial charge in [0.25, 0.3) is 0 Å². The maximum atomic E-state index is 9.64. The summed E-state index contributed by atoms with van der Waals surface area (Å²) in [4.78, 5) is 3.54. The molecule has 92 valence electrons. The Labute approximate surface area is 102 Å². The number of aliphatic hydroxyl groups excluding tert-OH is 1. The van der Waals surface area contributed by atoms with Gasteiger partial charge in [-0.15, -0.1) is 11.3 Å². The number of aliphatic hydroxyl groups is 1. The smallest absolute Gasteiger partial charge is 0.0900 e. The molecule has 1 unspecified atom stereocenters. The van der Waals surface area contributed by atoms with Crippen molar-refractivity contribution >= 4 is 11.3 Å². The maximum absolute atomic E-state index is 9.64. The van der Waals surface area contributed by atoms with Crippen LogP contribution in [0.5, 0.6) is 0 Å². The summed E-state index contributed by atoms with van der Waals surface area (Å²) in [5, 5.41) is 11.7. The molecule has 0 aliphatic carbocycles. The molecule has 0 fully saturated rings. The second-order valence-electron chi connectivity index (χ2n) is 3.90. The van der Waals surface area contributed by atoms with E-state index in [2.05, 4.69) is 22.4 Å². The summed E-state index contributed by atoms with van der Waals surface area (Å²) in [7, 11) is 2.03. The molecule has 0 aliphatic rings. The molecule has 0 saturated carbocycles. The average molecular weight is 243 g/mol. The third-order valence-electron chi connectivity index (χ3n) is 2.36. The topological polar surface area (TPSA) is 32.7 Å². The van der Waals surface area contributed by atoms with Crippen molar-refractivity contribution in [3.8, 4) is 0 Å². The third kappa shape index (κ3) is 5.61.